The van der Waals surface area contributed by atoms with Crippen molar-refractivity contribution >= 4 is 11.7 Å². The average Bonchev–Trinajstić information content (AvgIpc) is 2.64. The first-order valence-corrected chi connectivity index (χ1v) is 8.46. The number of benzene rings is 1. The fraction of sp³-hybridized carbons (Fsp3) is 0.368. The van der Waals surface area contributed by atoms with Gasteiger partial charge in [-0.05, 0) is 30.5 Å². The Kier molecular flexibility index (Phi) is 5.43. The molecule has 0 saturated carbocycles. The van der Waals surface area contributed by atoms with Crippen LogP contribution < -0.4 is 10.6 Å². The Bertz CT molecular complexity index is 666. The number of pyridine rings is 1. The molecule has 3 rings (SSSR count). The van der Waals surface area contributed by atoms with Crippen LogP contribution in [0.5, 0.6) is 0 Å². The zero-order chi connectivity index (χ0) is 16.8. The first-order chi connectivity index (χ1) is 11.8. The van der Waals surface area contributed by atoms with E-state index >= 15 is 0 Å². The van der Waals surface area contributed by atoms with Crippen LogP contribution in [-0.4, -0.2) is 42.0 Å². The maximum Gasteiger partial charge on any atom is 0.255 e. The van der Waals surface area contributed by atoms with Crippen LogP contribution in [-0.2, 0) is 6.54 Å². The number of amides is 1. The Morgan fingerprint density at radius 2 is 1.92 bits per heavy atom. The molecule has 1 aromatic heterocycles. The van der Waals surface area contributed by atoms with E-state index in [1.807, 2.05) is 6.07 Å². The van der Waals surface area contributed by atoms with E-state index in [-0.39, 0.29) is 11.9 Å². The standard InChI is InChI=1S/C19H24N4O/c1-20-18-17(8-5-11-21-18)19(24)22-16-9-12-23(13-10-16)14-15-6-3-2-4-7-15/h2-8,11,16H,9-10,12-14H2,1H3,(H,20,21)(H,22,24). The highest BCUT2D eigenvalue weighted by atomic mass is 16.1. The zero-order valence-corrected chi connectivity index (χ0v) is 14.0. The highest BCUT2D eigenvalue weighted by Gasteiger charge is 2.22. The van der Waals surface area contributed by atoms with Crippen LogP contribution in [0, 0.1) is 0 Å². The predicted octanol–water partition coefficient (Wildman–Crippen LogP) is 2.52. The second-order valence-corrected chi connectivity index (χ2v) is 6.16. The minimum absolute atomic E-state index is 0.0473. The number of likely N-dealkylation sites (tertiary alicyclic amines) is 1. The molecule has 1 saturated heterocycles. The van der Waals surface area contributed by atoms with Crippen LogP contribution in [0.3, 0.4) is 0 Å². The summed E-state index contributed by atoms with van der Waals surface area (Å²) in [6.07, 6.45) is 3.64. The van der Waals surface area contributed by atoms with E-state index in [9.17, 15) is 4.79 Å². The van der Waals surface area contributed by atoms with E-state index in [1.54, 1.807) is 25.4 Å². The van der Waals surface area contributed by atoms with Crippen molar-refractivity contribution in [1.29, 1.82) is 0 Å². The lowest BCUT2D eigenvalue weighted by molar-refractivity contribution is 0.0909. The van der Waals surface area contributed by atoms with Crippen LogP contribution in [0.1, 0.15) is 28.8 Å². The largest absolute Gasteiger partial charge is 0.372 e. The zero-order valence-electron chi connectivity index (χ0n) is 14.0. The molecular formula is C19H24N4O. The molecule has 1 aliphatic rings. The van der Waals surface area contributed by atoms with Gasteiger partial charge in [0.05, 0.1) is 5.56 Å². The fourth-order valence-corrected chi connectivity index (χ4v) is 3.13. The number of hydrogen-bond donors (Lipinski definition) is 2. The number of rotatable bonds is 5. The molecule has 0 radical (unpaired) electrons. The third-order valence-corrected chi connectivity index (χ3v) is 4.46. The Labute approximate surface area is 143 Å². The summed E-state index contributed by atoms with van der Waals surface area (Å²) in [4.78, 5) is 19.1. The van der Waals surface area contributed by atoms with E-state index < -0.39 is 0 Å². The van der Waals surface area contributed by atoms with Crippen molar-refractivity contribution in [3.8, 4) is 0 Å². The number of anilines is 1. The maximum atomic E-state index is 12.5. The highest BCUT2D eigenvalue weighted by molar-refractivity contribution is 5.98. The molecule has 1 aliphatic heterocycles. The van der Waals surface area contributed by atoms with E-state index in [1.165, 1.54) is 5.56 Å². The second-order valence-electron chi connectivity index (χ2n) is 6.16. The molecule has 2 N–H and O–H groups in total. The van der Waals surface area contributed by atoms with Crippen molar-refractivity contribution in [2.75, 3.05) is 25.5 Å². The summed E-state index contributed by atoms with van der Waals surface area (Å²) in [5, 5.41) is 6.12. The van der Waals surface area contributed by atoms with Gasteiger partial charge in [-0.15, -0.1) is 0 Å². The number of carbonyl (C=O) groups is 1. The molecular weight excluding hydrogens is 300 g/mol. The van der Waals surface area contributed by atoms with Gasteiger partial charge >= 0.3 is 0 Å². The number of aromatic nitrogens is 1. The van der Waals surface area contributed by atoms with Crippen molar-refractivity contribution in [3.63, 3.8) is 0 Å². The summed E-state index contributed by atoms with van der Waals surface area (Å²) in [5.41, 5.74) is 1.95. The highest BCUT2D eigenvalue weighted by Crippen LogP contribution is 2.16. The van der Waals surface area contributed by atoms with Crippen molar-refractivity contribution in [1.82, 2.24) is 15.2 Å². The van der Waals surface area contributed by atoms with Crippen LogP contribution in [0.25, 0.3) is 0 Å². The molecule has 0 atom stereocenters. The molecule has 24 heavy (non-hydrogen) atoms. The molecule has 1 fully saturated rings. The summed E-state index contributed by atoms with van der Waals surface area (Å²) >= 11 is 0. The van der Waals surface area contributed by atoms with Crippen LogP contribution in [0.2, 0.25) is 0 Å². The van der Waals surface area contributed by atoms with Crippen LogP contribution in [0.4, 0.5) is 5.82 Å². The molecule has 1 aromatic carbocycles. The Morgan fingerprint density at radius 3 is 2.62 bits per heavy atom. The molecule has 1 amide bonds. The van der Waals surface area contributed by atoms with Gasteiger partial charge in [0.25, 0.3) is 5.91 Å². The molecule has 0 aliphatic carbocycles. The number of nitrogens with one attached hydrogen (secondary N) is 2. The van der Waals surface area contributed by atoms with E-state index in [0.29, 0.717) is 11.4 Å². The van der Waals surface area contributed by atoms with Gasteiger partial charge in [0.1, 0.15) is 5.82 Å². The summed E-state index contributed by atoms with van der Waals surface area (Å²) < 4.78 is 0. The molecule has 5 nitrogen and oxygen atoms in total. The Morgan fingerprint density at radius 1 is 1.17 bits per heavy atom. The minimum atomic E-state index is -0.0473. The van der Waals surface area contributed by atoms with Gasteiger partial charge in [0.15, 0.2) is 0 Å². The van der Waals surface area contributed by atoms with Crippen LogP contribution >= 0.6 is 0 Å². The van der Waals surface area contributed by atoms with Gasteiger partial charge in [0, 0.05) is 38.9 Å². The number of nitrogens with zero attached hydrogens (tertiary/aromatic N) is 2. The van der Waals surface area contributed by atoms with Crippen molar-refractivity contribution in [2.45, 2.75) is 25.4 Å². The topological polar surface area (TPSA) is 57.3 Å². The summed E-state index contributed by atoms with van der Waals surface area (Å²) in [6.45, 7) is 2.99. The quantitative estimate of drug-likeness (QED) is 0.887. The van der Waals surface area contributed by atoms with E-state index in [4.69, 9.17) is 0 Å². The lowest BCUT2D eigenvalue weighted by Gasteiger charge is -2.32. The third kappa shape index (κ3) is 4.11. The molecule has 0 spiro atoms. The third-order valence-electron chi connectivity index (χ3n) is 4.46. The minimum Gasteiger partial charge on any atom is -0.372 e. The molecule has 0 bridgehead atoms. The van der Waals surface area contributed by atoms with Gasteiger partial charge < -0.3 is 10.6 Å². The maximum absolute atomic E-state index is 12.5. The number of hydrogen-bond acceptors (Lipinski definition) is 4. The SMILES string of the molecule is CNc1ncccc1C(=O)NC1CCN(Cc2ccccc2)CC1. The molecule has 0 unspecified atom stereocenters. The normalized spacial score (nSPS) is 15.9. The average molecular weight is 324 g/mol. The number of carbonyl (C=O) groups excluding carboxylic acids is 1. The number of piperidine rings is 1. The van der Waals surface area contributed by atoms with Gasteiger partial charge in [-0.25, -0.2) is 4.98 Å². The van der Waals surface area contributed by atoms with Gasteiger partial charge in [0.2, 0.25) is 0 Å². The fourth-order valence-electron chi connectivity index (χ4n) is 3.13. The molecule has 126 valence electrons. The monoisotopic (exact) mass is 324 g/mol. The van der Waals surface area contributed by atoms with Crippen molar-refractivity contribution in [2.24, 2.45) is 0 Å². The van der Waals surface area contributed by atoms with Crippen LogP contribution in [0.15, 0.2) is 48.7 Å². The van der Waals surface area contributed by atoms with Gasteiger partial charge in [-0.1, -0.05) is 30.3 Å². The lowest BCUT2D eigenvalue weighted by atomic mass is 10.0. The van der Waals surface area contributed by atoms with Gasteiger partial charge in [-0.3, -0.25) is 9.69 Å². The van der Waals surface area contributed by atoms with Gasteiger partial charge in [-0.2, -0.15) is 0 Å². The van der Waals surface area contributed by atoms with E-state index in [0.717, 1.165) is 32.5 Å². The van der Waals surface area contributed by atoms with E-state index in [2.05, 4.69) is 44.8 Å². The first-order valence-electron chi connectivity index (χ1n) is 8.46. The lowest BCUT2D eigenvalue weighted by Crippen LogP contribution is -2.44. The summed E-state index contributed by atoms with van der Waals surface area (Å²) in [6, 6.07) is 14.4. The Hall–Kier alpha value is -2.40. The smallest absolute Gasteiger partial charge is 0.255 e. The molecule has 2 aromatic rings. The van der Waals surface area contributed by atoms with Crippen molar-refractivity contribution in [3.05, 3.63) is 59.8 Å². The summed E-state index contributed by atoms with van der Waals surface area (Å²) in [7, 11) is 1.78. The Balaban J connectivity index is 1.51. The first kappa shape index (κ1) is 16.5. The molecule has 5 heteroatoms. The predicted molar refractivity (Wildman–Crippen MR) is 96.0 cm³/mol. The van der Waals surface area contributed by atoms with Crippen molar-refractivity contribution < 1.29 is 4.79 Å². The molecule has 2 heterocycles. The second kappa shape index (κ2) is 7.93. The summed E-state index contributed by atoms with van der Waals surface area (Å²) in [5.74, 6) is 0.575.